The van der Waals surface area contributed by atoms with Crippen LogP contribution in [0, 0.1) is 0 Å². The number of ether oxygens (including phenoxy) is 1. The number of anilines is 3. The number of hydrogen-bond donors (Lipinski definition) is 0. The summed E-state index contributed by atoms with van der Waals surface area (Å²) >= 11 is 0. The highest BCUT2D eigenvalue weighted by molar-refractivity contribution is 6.10. The average Bonchev–Trinajstić information content (AvgIpc) is 3.92. The third kappa shape index (κ3) is 7.53. The average molecular weight is 927 g/mol. The van der Waals surface area contributed by atoms with Gasteiger partial charge in [0.1, 0.15) is 11.5 Å². The standard InChI is InChI=1S/C69H54N2O/c1-6-47-21-32-56(33-22-47)71-66-20-14-12-18-62(66)63-45-50(27-44-67(63)71)49-25-34-54(35-26-49)70(55-36-28-51(29-37-55)68(3,4)5)57-38-43-61-60-17-11-13-19-64(60)69(65(61)46-57,52-15-9-8-10-16-52)53-30-41-59(42-31-53)72-58-39-23-48(7-2)24-40-58/h6-46H,1-2H2,3-5H3. The van der Waals surface area contributed by atoms with E-state index >= 15 is 0 Å². The second kappa shape index (κ2) is 17.8. The van der Waals surface area contributed by atoms with Crippen LogP contribution >= 0.6 is 0 Å². The van der Waals surface area contributed by atoms with Crippen LogP contribution in [0.2, 0.25) is 0 Å². The molecule has 0 bridgehead atoms. The lowest BCUT2D eigenvalue weighted by Gasteiger charge is -2.35. The van der Waals surface area contributed by atoms with Gasteiger partial charge in [0.05, 0.1) is 16.4 Å². The number of nitrogens with zero attached hydrogens (tertiary/aromatic N) is 2. The summed E-state index contributed by atoms with van der Waals surface area (Å²) in [6.07, 6.45) is 3.73. The first-order chi connectivity index (χ1) is 35.2. The first-order valence-electron chi connectivity index (χ1n) is 24.8. The van der Waals surface area contributed by atoms with Gasteiger partial charge < -0.3 is 14.2 Å². The number of para-hydroxylation sites is 1. The molecule has 1 atom stereocenters. The van der Waals surface area contributed by atoms with Gasteiger partial charge in [-0.1, -0.05) is 192 Å². The van der Waals surface area contributed by atoms with Crippen molar-refractivity contribution in [1.29, 1.82) is 0 Å². The molecule has 1 heterocycles. The first kappa shape index (κ1) is 44.3. The van der Waals surface area contributed by atoms with Crippen molar-refractivity contribution in [2.24, 2.45) is 0 Å². The van der Waals surface area contributed by atoms with Crippen molar-refractivity contribution >= 4 is 51.0 Å². The SMILES string of the molecule is C=Cc1ccc(Oc2ccc(C3(c4ccccc4)c4ccccc4-c4ccc(N(c5ccc(-c6ccc7c(c6)c6ccccc6n7-c6ccc(C=C)cc6)cc5)c5ccc(C(C)(C)C)cc5)cc43)cc2)cc1. The summed E-state index contributed by atoms with van der Waals surface area (Å²) in [6.45, 7) is 14.7. The number of benzene rings is 10. The lowest BCUT2D eigenvalue weighted by atomic mass is 9.67. The minimum Gasteiger partial charge on any atom is -0.457 e. The van der Waals surface area contributed by atoms with Crippen LogP contribution in [0.25, 0.3) is 61.9 Å². The minimum atomic E-state index is -0.615. The van der Waals surface area contributed by atoms with Gasteiger partial charge in [0.2, 0.25) is 0 Å². The Labute approximate surface area is 422 Å². The van der Waals surface area contributed by atoms with Crippen LogP contribution in [0.1, 0.15) is 59.7 Å². The van der Waals surface area contributed by atoms with Gasteiger partial charge in [-0.3, -0.25) is 0 Å². The molecule has 0 saturated carbocycles. The Morgan fingerprint density at radius 3 is 1.67 bits per heavy atom. The summed E-state index contributed by atoms with van der Waals surface area (Å²) in [5.41, 5.74) is 19.3. The predicted octanol–water partition coefficient (Wildman–Crippen LogP) is 18.7. The van der Waals surface area contributed by atoms with Crippen LogP contribution in [0.3, 0.4) is 0 Å². The smallest absolute Gasteiger partial charge is 0.127 e. The molecule has 3 heteroatoms. The highest BCUT2D eigenvalue weighted by Gasteiger charge is 2.46. The fourth-order valence-corrected chi connectivity index (χ4v) is 11.0. The molecule has 72 heavy (non-hydrogen) atoms. The maximum atomic E-state index is 6.40. The van der Waals surface area contributed by atoms with Crippen molar-refractivity contribution in [3.05, 3.63) is 289 Å². The van der Waals surface area contributed by atoms with Gasteiger partial charge >= 0.3 is 0 Å². The molecule has 0 saturated heterocycles. The van der Waals surface area contributed by atoms with E-state index in [1.807, 2.05) is 36.4 Å². The third-order valence-corrected chi connectivity index (χ3v) is 14.6. The normalized spacial score (nSPS) is 13.9. The summed E-state index contributed by atoms with van der Waals surface area (Å²) < 4.78 is 8.77. The molecule has 1 aliphatic carbocycles. The van der Waals surface area contributed by atoms with Gasteiger partial charge in [-0.05, 0) is 158 Å². The summed E-state index contributed by atoms with van der Waals surface area (Å²) in [6, 6.07) is 86.1. The fourth-order valence-electron chi connectivity index (χ4n) is 11.0. The highest BCUT2D eigenvalue weighted by atomic mass is 16.5. The number of fused-ring (bicyclic) bond motifs is 6. The molecule has 0 N–H and O–H groups in total. The molecule has 10 aromatic carbocycles. The Balaban J connectivity index is 0.982. The molecule has 0 spiro atoms. The van der Waals surface area contributed by atoms with Crippen LogP contribution in [0.4, 0.5) is 17.1 Å². The summed E-state index contributed by atoms with van der Waals surface area (Å²) in [5.74, 6) is 1.57. The lowest BCUT2D eigenvalue weighted by molar-refractivity contribution is 0.482. The van der Waals surface area contributed by atoms with E-state index in [0.29, 0.717) is 0 Å². The summed E-state index contributed by atoms with van der Waals surface area (Å²) in [7, 11) is 0. The summed E-state index contributed by atoms with van der Waals surface area (Å²) in [5, 5.41) is 2.45. The van der Waals surface area contributed by atoms with E-state index in [1.54, 1.807) is 0 Å². The van der Waals surface area contributed by atoms with Gasteiger partial charge in [-0.2, -0.15) is 0 Å². The maximum absolute atomic E-state index is 6.40. The molecule has 0 fully saturated rings. The van der Waals surface area contributed by atoms with Crippen LogP contribution < -0.4 is 9.64 Å². The molecule has 346 valence electrons. The van der Waals surface area contributed by atoms with E-state index in [1.165, 1.54) is 66.3 Å². The zero-order chi connectivity index (χ0) is 49.0. The maximum Gasteiger partial charge on any atom is 0.127 e. The Morgan fingerprint density at radius 1 is 0.444 bits per heavy atom. The highest BCUT2D eigenvalue weighted by Crippen LogP contribution is 2.57. The van der Waals surface area contributed by atoms with E-state index in [0.717, 1.165) is 50.9 Å². The van der Waals surface area contributed by atoms with Crippen molar-refractivity contribution in [3.8, 4) is 39.4 Å². The van der Waals surface area contributed by atoms with Gasteiger partial charge in [0, 0.05) is 33.5 Å². The van der Waals surface area contributed by atoms with E-state index in [-0.39, 0.29) is 5.41 Å². The Hall–Kier alpha value is -8.92. The Bertz CT molecular complexity index is 3800. The summed E-state index contributed by atoms with van der Waals surface area (Å²) in [4.78, 5) is 2.41. The number of aromatic nitrogens is 1. The van der Waals surface area contributed by atoms with Gasteiger partial charge in [-0.15, -0.1) is 0 Å². The molecule has 11 aromatic rings. The van der Waals surface area contributed by atoms with Crippen LogP contribution in [0.5, 0.6) is 11.5 Å². The number of rotatable bonds is 11. The van der Waals surface area contributed by atoms with Crippen LogP contribution in [-0.2, 0) is 10.8 Å². The molecule has 0 amide bonds. The van der Waals surface area contributed by atoms with E-state index in [2.05, 4.69) is 256 Å². The second-order valence-electron chi connectivity index (χ2n) is 19.9. The molecule has 0 radical (unpaired) electrons. The van der Waals surface area contributed by atoms with Crippen LogP contribution in [0.15, 0.2) is 250 Å². The molecule has 1 aliphatic rings. The Morgan fingerprint density at radius 2 is 0.986 bits per heavy atom. The molecule has 3 nitrogen and oxygen atoms in total. The third-order valence-electron chi connectivity index (χ3n) is 14.6. The van der Waals surface area contributed by atoms with Crippen LogP contribution in [-0.4, -0.2) is 4.57 Å². The molecule has 1 unspecified atom stereocenters. The molecular formula is C69H54N2O. The van der Waals surface area contributed by atoms with Crippen molar-refractivity contribution in [3.63, 3.8) is 0 Å². The molecule has 0 aliphatic heterocycles. The van der Waals surface area contributed by atoms with Crippen molar-refractivity contribution < 1.29 is 4.74 Å². The lowest BCUT2D eigenvalue weighted by Crippen LogP contribution is -2.28. The largest absolute Gasteiger partial charge is 0.457 e. The fraction of sp³-hybridized carbons (Fsp3) is 0.0725. The molecule has 1 aromatic heterocycles. The van der Waals surface area contributed by atoms with Crippen molar-refractivity contribution in [2.75, 3.05) is 4.90 Å². The van der Waals surface area contributed by atoms with E-state index in [4.69, 9.17) is 4.74 Å². The molecule has 12 rings (SSSR count). The zero-order valence-electron chi connectivity index (χ0n) is 40.9. The van der Waals surface area contributed by atoms with Gasteiger partial charge in [0.25, 0.3) is 0 Å². The second-order valence-corrected chi connectivity index (χ2v) is 19.9. The minimum absolute atomic E-state index is 0.0138. The van der Waals surface area contributed by atoms with Gasteiger partial charge in [0.15, 0.2) is 0 Å². The van der Waals surface area contributed by atoms with E-state index in [9.17, 15) is 0 Å². The topological polar surface area (TPSA) is 17.4 Å². The number of hydrogen-bond acceptors (Lipinski definition) is 2. The molecular weight excluding hydrogens is 873 g/mol. The first-order valence-corrected chi connectivity index (χ1v) is 24.8. The Kier molecular flexibility index (Phi) is 10.9. The van der Waals surface area contributed by atoms with E-state index < -0.39 is 5.41 Å². The predicted molar refractivity (Wildman–Crippen MR) is 304 cm³/mol. The van der Waals surface area contributed by atoms with Crippen molar-refractivity contribution in [1.82, 2.24) is 4.57 Å². The van der Waals surface area contributed by atoms with Crippen molar-refractivity contribution in [2.45, 2.75) is 31.6 Å². The monoisotopic (exact) mass is 926 g/mol. The van der Waals surface area contributed by atoms with Gasteiger partial charge in [-0.25, -0.2) is 0 Å². The quantitative estimate of drug-likeness (QED) is 0.129. The zero-order valence-corrected chi connectivity index (χ0v) is 40.9.